The Labute approximate surface area is 127 Å². The average Bonchev–Trinajstić information content (AvgIpc) is 2.31. The predicted molar refractivity (Wildman–Crippen MR) is 88.6 cm³/mol. The maximum Gasteiger partial charge on any atom is 0.0178 e. The van der Waals surface area contributed by atoms with E-state index in [-0.39, 0.29) is 0 Å². The maximum atomic E-state index is 3.69. The van der Waals surface area contributed by atoms with E-state index < -0.39 is 0 Å². The fraction of sp³-hybridized carbons (Fsp3) is 0.647. The van der Waals surface area contributed by atoms with E-state index >= 15 is 0 Å². The average molecular weight is 326 g/mol. The van der Waals surface area contributed by atoms with Crippen LogP contribution in [0.4, 0.5) is 0 Å². The first-order valence-corrected chi connectivity index (χ1v) is 8.18. The van der Waals surface area contributed by atoms with Crippen LogP contribution in [0.25, 0.3) is 0 Å². The van der Waals surface area contributed by atoms with Crippen LogP contribution in [0.1, 0.15) is 52.5 Å². The van der Waals surface area contributed by atoms with Gasteiger partial charge in [0.1, 0.15) is 0 Å². The standard InChI is InChI=1S/C17H28BrN/c1-5-11-19-16(9-10-17(2,3)4)13-14-7-6-8-15(18)12-14/h6-8,12,16,19H,5,9-11,13H2,1-4H3. The number of nitrogens with one attached hydrogen (secondary N) is 1. The second-order valence-corrected chi connectivity index (χ2v) is 7.50. The molecular weight excluding hydrogens is 298 g/mol. The molecule has 0 spiro atoms. The third-order valence-electron chi connectivity index (χ3n) is 3.30. The van der Waals surface area contributed by atoms with Crippen molar-refractivity contribution in [1.82, 2.24) is 5.32 Å². The van der Waals surface area contributed by atoms with Crippen molar-refractivity contribution in [3.63, 3.8) is 0 Å². The molecule has 0 aliphatic carbocycles. The van der Waals surface area contributed by atoms with Crippen LogP contribution in [0.15, 0.2) is 28.7 Å². The molecule has 0 aromatic heterocycles. The van der Waals surface area contributed by atoms with Crippen molar-refractivity contribution in [2.24, 2.45) is 5.41 Å². The molecule has 0 saturated carbocycles. The largest absolute Gasteiger partial charge is 0.314 e. The molecule has 1 atom stereocenters. The van der Waals surface area contributed by atoms with E-state index in [1.165, 1.54) is 29.3 Å². The Kier molecular flexibility index (Phi) is 7.09. The Morgan fingerprint density at radius 3 is 2.58 bits per heavy atom. The van der Waals surface area contributed by atoms with Gasteiger partial charge in [0.05, 0.1) is 0 Å². The molecular formula is C17H28BrN. The van der Waals surface area contributed by atoms with Crippen LogP contribution in [0.3, 0.4) is 0 Å². The molecule has 0 saturated heterocycles. The Hall–Kier alpha value is -0.340. The van der Waals surface area contributed by atoms with Gasteiger partial charge in [0.2, 0.25) is 0 Å². The van der Waals surface area contributed by atoms with E-state index in [1.54, 1.807) is 0 Å². The lowest BCUT2D eigenvalue weighted by molar-refractivity contribution is 0.328. The van der Waals surface area contributed by atoms with Gasteiger partial charge in [0.15, 0.2) is 0 Å². The first-order valence-electron chi connectivity index (χ1n) is 7.38. The van der Waals surface area contributed by atoms with Crippen molar-refractivity contribution in [3.05, 3.63) is 34.3 Å². The third-order valence-corrected chi connectivity index (χ3v) is 3.79. The van der Waals surface area contributed by atoms with E-state index in [9.17, 15) is 0 Å². The topological polar surface area (TPSA) is 12.0 Å². The van der Waals surface area contributed by atoms with Crippen molar-refractivity contribution < 1.29 is 0 Å². The van der Waals surface area contributed by atoms with Crippen LogP contribution in [0.5, 0.6) is 0 Å². The molecule has 1 aromatic rings. The highest BCUT2D eigenvalue weighted by Gasteiger charge is 2.15. The van der Waals surface area contributed by atoms with Crippen LogP contribution in [0.2, 0.25) is 0 Å². The smallest absolute Gasteiger partial charge is 0.0178 e. The van der Waals surface area contributed by atoms with E-state index in [0.717, 1.165) is 13.0 Å². The van der Waals surface area contributed by atoms with E-state index in [4.69, 9.17) is 0 Å². The van der Waals surface area contributed by atoms with Gasteiger partial charge in [-0.05, 0) is 55.3 Å². The minimum Gasteiger partial charge on any atom is -0.314 e. The van der Waals surface area contributed by atoms with Crippen LogP contribution in [0, 0.1) is 5.41 Å². The van der Waals surface area contributed by atoms with Crippen molar-refractivity contribution in [2.45, 2.75) is 59.4 Å². The summed E-state index contributed by atoms with van der Waals surface area (Å²) in [5.41, 5.74) is 1.83. The van der Waals surface area contributed by atoms with Crippen molar-refractivity contribution in [1.29, 1.82) is 0 Å². The van der Waals surface area contributed by atoms with Crippen LogP contribution in [-0.4, -0.2) is 12.6 Å². The fourth-order valence-electron chi connectivity index (χ4n) is 2.18. The summed E-state index contributed by atoms with van der Waals surface area (Å²) < 4.78 is 1.18. The van der Waals surface area contributed by atoms with Gasteiger partial charge in [-0.2, -0.15) is 0 Å². The molecule has 108 valence electrons. The molecule has 1 rings (SSSR count). The number of halogens is 1. The molecule has 2 heteroatoms. The summed E-state index contributed by atoms with van der Waals surface area (Å²) in [6.45, 7) is 10.3. The number of benzene rings is 1. The summed E-state index contributed by atoms with van der Waals surface area (Å²) in [4.78, 5) is 0. The molecule has 0 bridgehead atoms. The number of hydrogen-bond donors (Lipinski definition) is 1. The third kappa shape index (κ3) is 7.74. The van der Waals surface area contributed by atoms with Crippen LogP contribution < -0.4 is 5.32 Å². The molecule has 0 radical (unpaired) electrons. The Bertz CT molecular complexity index is 368. The summed E-state index contributed by atoms with van der Waals surface area (Å²) in [5.74, 6) is 0. The van der Waals surface area contributed by atoms with Gasteiger partial charge in [-0.3, -0.25) is 0 Å². The SMILES string of the molecule is CCCNC(CCC(C)(C)C)Cc1cccc(Br)c1. The molecule has 19 heavy (non-hydrogen) atoms. The molecule has 0 aliphatic heterocycles. The molecule has 0 heterocycles. The quantitative estimate of drug-likeness (QED) is 0.727. The molecule has 1 N–H and O–H groups in total. The normalized spacial score (nSPS) is 13.5. The second kappa shape index (κ2) is 8.06. The van der Waals surface area contributed by atoms with Gasteiger partial charge in [0, 0.05) is 10.5 Å². The predicted octanol–water partition coefficient (Wildman–Crippen LogP) is 5.19. The van der Waals surface area contributed by atoms with Gasteiger partial charge in [0.25, 0.3) is 0 Å². The highest BCUT2D eigenvalue weighted by molar-refractivity contribution is 9.10. The van der Waals surface area contributed by atoms with E-state index in [2.05, 4.69) is 73.2 Å². The summed E-state index contributed by atoms with van der Waals surface area (Å²) in [6.07, 6.45) is 4.83. The van der Waals surface area contributed by atoms with Crippen molar-refractivity contribution >= 4 is 15.9 Å². The molecule has 1 unspecified atom stereocenters. The zero-order chi connectivity index (χ0) is 14.3. The molecule has 1 nitrogen and oxygen atoms in total. The summed E-state index contributed by atoms with van der Waals surface area (Å²) in [7, 11) is 0. The second-order valence-electron chi connectivity index (χ2n) is 6.58. The highest BCUT2D eigenvalue weighted by Crippen LogP contribution is 2.23. The van der Waals surface area contributed by atoms with Gasteiger partial charge in [-0.15, -0.1) is 0 Å². The lowest BCUT2D eigenvalue weighted by atomic mass is 9.87. The highest BCUT2D eigenvalue weighted by atomic mass is 79.9. The van der Waals surface area contributed by atoms with E-state index in [0.29, 0.717) is 11.5 Å². The zero-order valence-corrected chi connectivity index (χ0v) is 14.4. The van der Waals surface area contributed by atoms with Crippen molar-refractivity contribution in [3.8, 4) is 0 Å². The fourth-order valence-corrected chi connectivity index (χ4v) is 2.63. The van der Waals surface area contributed by atoms with Crippen LogP contribution in [-0.2, 0) is 6.42 Å². The molecule has 0 aliphatic rings. The lowest BCUT2D eigenvalue weighted by Crippen LogP contribution is -2.32. The Morgan fingerprint density at radius 2 is 2.00 bits per heavy atom. The summed E-state index contributed by atoms with van der Waals surface area (Å²) in [5, 5.41) is 3.69. The lowest BCUT2D eigenvalue weighted by Gasteiger charge is -2.24. The molecule has 0 fully saturated rings. The monoisotopic (exact) mass is 325 g/mol. The maximum absolute atomic E-state index is 3.69. The number of rotatable bonds is 7. The van der Waals surface area contributed by atoms with E-state index in [1.807, 2.05) is 0 Å². The Balaban J connectivity index is 2.58. The van der Waals surface area contributed by atoms with Crippen molar-refractivity contribution in [2.75, 3.05) is 6.54 Å². The zero-order valence-electron chi connectivity index (χ0n) is 12.8. The number of hydrogen-bond acceptors (Lipinski definition) is 1. The first kappa shape index (κ1) is 16.7. The minimum absolute atomic E-state index is 0.420. The van der Waals surface area contributed by atoms with Gasteiger partial charge >= 0.3 is 0 Å². The first-order chi connectivity index (χ1) is 8.90. The van der Waals surface area contributed by atoms with Gasteiger partial charge in [-0.1, -0.05) is 55.8 Å². The Morgan fingerprint density at radius 1 is 1.26 bits per heavy atom. The van der Waals surface area contributed by atoms with Gasteiger partial charge < -0.3 is 5.32 Å². The van der Waals surface area contributed by atoms with Crippen LogP contribution >= 0.6 is 15.9 Å². The molecule has 0 amide bonds. The summed E-state index contributed by atoms with van der Waals surface area (Å²) in [6, 6.07) is 9.27. The van der Waals surface area contributed by atoms with Gasteiger partial charge in [-0.25, -0.2) is 0 Å². The summed E-state index contributed by atoms with van der Waals surface area (Å²) >= 11 is 3.56. The molecule has 1 aromatic carbocycles. The minimum atomic E-state index is 0.420.